The van der Waals surface area contributed by atoms with Crippen molar-refractivity contribution in [2.24, 2.45) is 0 Å². The maximum atomic E-state index is 12.0. The Balaban J connectivity index is 0.00000200. The van der Waals surface area contributed by atoms with E-state index < -0.39 is 0 Å². The summed E-state index contributed by atoms with van der Waals surface area (Å²) in [4.78, 5) is 12.0. The summed E-state index contributed by atoms with van der Waals surface area (Å²) in [6.07, 6.45) is 6.73. The number of amides is 1. The maximum Gasteiger partial charge on any atom is 0.271 e. The predicted octanol–water partition coefficient (Wildman–Crippen LogP) is 1.92. The lowest BCUT2D eigenvalue weighted by Gasteiger charge is -2.22. The third-order valence-electron chi connectivity index (χ3n) is 3.38. The summed E-state index contributed by atoms with van der Waals surface area (Å²) in [5.74, 6) is -0.114. The standard InChI is InChI=1S/C14H22N4O.ClH/c1-3-5-11(2)16-14(19)13-7-9-18(17-13)12-6-4-8-15-10-12;/h3,7,9,11-12,15H,1,4-6,8,10H2,2H3,(H,16,19);1H. The van der Waals surface area contributed by atoms with Crippen LogP contribution in [0.4, 0.5) is 0 Å². The minimum Gasteiger partial charge on any atom is -0.348 e. The molecule has 0 radical (unpaired) electrons. The molecule has 1 fully saturated rings. The molecule has 2 rings (SSSR count). The molecule has 2 N–H and O–H groups in total. The number of nitrogens with zero attached hydrogens (tertiary/aromatic N) is 2. The number of aromatic nitrogens is 2. The second-order valence-electron chi connectivity index (χ2n) is 5.08. The van der Waals surface area contributed by atoms with Crippen LogP contribution in [0.2, 0.25) is 0 Å². The molecule has 0 bridgehead atoms. The summed E-state index contributed by atoms with van der Waals surface area (Å²) in [5.41, 5.74) is 0.487. The Morgan fingerprint density at radius 2 is 2.55 bits per heavy atom. The first-order chi connectivity index (χ1) is 9.20. The molecule has 1 amide bonds. The van der Waals surface area contributed by atoms with Gasteiger partial charge >= 0.3 is 0 Å². The highest BCUT2D eigenvalue weighted by Gasteiger charge is 2.18. The fraction of sp³-hybridized carbons (Fsp3) is 0.571. The van der Waals surface area contributed by atoms with E-state index in [-0.39, 0.29) is 24.4 Å². The fourth-order valence-electron chi connectivity index (χ4n) is 2.33. The first kappa shape index (κ1) is 16.7. The summed E-state index contributed by atoms with van der Waals surface area (Å²) in [7, 11) is 0. The molecule has 2 unspecified atom stereocenters. The Morgan fingerprint density at radius 1 is 1.75 bits per heavy atom. The van der Waals surface area contributed by atoms with Crippen molar-refractivity contribution in [1.82, 2.24) is 20.4 Å². The minimum atomic E-state index is -0.114. The zero-order chi connectivity index (χ0) is 13.7. The van der Waals surface area contributed by atoms with Gasteiger partial charge in [0, 0.05) is 18.8 Å². The molecule has 1 saturated heterocycles. The van der Waals surface area contributed by atoms with E-state index in [0.717, 1.165) is 32.4 Å². The molecule has 1 aliphatic rings. The Bertz CT molecular complexity index is 440. The number of hydrogen-bond acceptors (Lipinski definition) is 3. The third kappa shape index (κ3) is 4.35. The van der Waals surface area contributed by atoms with Crippen LogP contribution in [-0.4, -0.2) is 34.8 Å². The quantitative estimate of drug-likeness (QED) is 0.817. The number of piperidine rings is 1. The Morgan fingerprint density at radius 3 is 3.20 bits per heavy atom. The monoisotopic (exact) mass is 298 g/mol. The van der Waals surface area contributed by atoms with Crippen molar-refractivity contribution >= 4 is 18.3 Å². The summed E-state index contributed by atoms with van der Waals surface area (Å²) >= 11 is 0. The molecule has 0 aromatic carbocycles. The number of carbonyl (C=O) groups excluding carboxylic acids is 1. The zero-order valence-corrected chi connectivity index (χ0v) is 12.7. The second-order valence-corrected chi connectivity index (χ2v) is 5.08. The lowest BCUT2D eigenvalue weighted by molar-refractivity contribution is 0.0934. The van der Waals surface area contributed by atoms with E-state index >= 15 is 0 Å². The van der Waals surface area contributed by atoms with Crippen molar-refractivity contribution in [2.45, 2.75) is 38.3 Å². The summed E-state index contributed by atoms with van der Waals surface area (Å²) < 4.78 is 1.90. The van der Waals surface area contributed by atoms with Crippen LogP contribution in [0.1, 0.15) is 42.7 Å². The SMILES string of the molecule is C=CCC(C)NC(=O)c1ccn(C2CCCNC2)n1.Cl. The van der Waals surface area contributed by atoms with Gasteiger partial charge in [0.15, 0.2) is 0 Å². The van der Waals surface area contributed by atoms with Crippen molar-refractivity contribution < 1.29 is 4.79 Å². The van der Waals surface area contributed by atoms with Crippen LogP contribution in [0.25, 0.3) is 0 Å². The van der Waals surface area contributed by atoms with Gasteiger partial charge in [-0.05, 0) is 38.8 Å². The van der Waals surface area contributed by atoms with Crippen LogP contribution in [-0.2, 0) is 0 Å². The van der Waals surface area contributed by atoms with E-state index in [1.54, 1.807) is 12.1 Å². The lowest BCUT2D eigenvalue weighted by Crippen LogP contribution is -2.33. The van der Waals surface area contributed by atoms with Crippen LogP contribution < -0.4 is 10.6 Å². The molecule has 6 heteroatoms. The van der Waals surface area contributed by atoms with E-state index in [9.17, 15) is 4.79 Å². The van der Waals surface area contributed by atoms with Crippen LogP contribution >= 0.6 is 12.4 Å². The van der Waals surface area contributed by atoms with Crippen LogP contribution in [0.3, 0.4) is 0 Å². The molecule has 2 heterocycles. The van der Waals surface area contributed by atoms with E-state index in [0.29, 0.717) is 11.7 Å². The second kappa shape index (κ2) is 8.07. The van der Waals surface area contributed by atoms with Gasteiger partial charge in [0.2, 0.25) is 0 Å². The highest BCUT2D eigenvalue weighted by molar-refractivity contribution is 5.92. The molecule has 112 valence electrons. The Hall–Kier alpha value is -1.33. The highest BCUT2D eigenvalue weighted by Crippen LogP contribution is 2.15. The first-order valence-electron chi connectivity index (χ1n) is 6.88. The minimum absolute atomic E-state index is 0. The van der Waals surface area contributed by atoms with E-state index in [4.69, 9.17) is 0 Å². The fourth-order valence-corrected chi connectivity index (χ4v) is 2.33. The number of hydrogen-bond donors (Lipinski definition) is 2. The number of nitrogens with one attached hydrogen (secondary N) is 2. The van der Waals surface area contributed by atoms with Gasteiger partial charge in [0.05, 0.1) is 6.04 Å². The molecule has 1 aromatic rings. The number of carbonyl (C=O) groups is 1. The van der Waals surface area contributed by atoms with Crippen molar-refractivity contribution in [3.05, 3.63) is 30.6 Å². The zero-order valence-electron chi connectivity index (χ0n) is 11.8. The molecule has 0 aliphatic carbocycles. The average molecular weight is 299 g/mol. The molecular weight excluding hydrogens is 276 g/mol. The van der Waals surface area contributed by atoms with E-state index in [1.165, 1.54) is 0 Å². The third-order valence-corrected chi connectivity index (χ3v) is 3.38. The molecular formula is C14H23ClN4O. The van der Waals surface area contributed by atoms with Gasteiger partial charge in [-0.25, -0.2) is 0 Å². The molecule has 20 heavy (non-hydrogen) atoms. The Kier molecular flexibility index (Phi) is 6.75. The predicted molar refractivity (Wildman–Crippen MR) is 82.4 cm³/mol. The number of halogens is 1. The molecule has 1 aromatic heterocycles. The van der Waals surface area contributed by atoms with Gasteiger partial charge in [-0.1, -0.05) is 6.08 Å². The van der Waals surface area contributed by atoms with Gasteiger partial charge in [0.1, 0.15) is 5.69 Å². The summed E-state index contributed by atoms with van der Waals surface area (Å²) in [6.45, 7) is 7.63. The number of rotatable bonds is 5. The van der Waals surface area contributed by atoms with Gasteiger partial charge < -0.3 is 10.6 Å². The lowest BCUT2D eigenvalue weighted by atomic mass is 10.1. The summed E-state index contributed by atoms with van der Waals surface area (Å²) in [6, 6.07) is 2.23. The van der Waals surface area contributed by atoms with Crippen molar-refractivity contribution in [3.63, 3.8) is 0 Å². The van der Waals surface area contributed by atoms with Crippen molar-refractivity contribution in [3.8, 4) is 0 Å². The molecule has 5 nitrogen and oxygen atoms in total. The smallest absolute Gasteiger partial charge is 0.271 e. The molecule has 0 spiro atoms. The topological polar surface area (TPSA) is 59.0 Å². The molecule has 1 aliphatic heterocycles. The highest BCUT2D eigenvalue weighted by atomic mass is 35.5. The van der Waals surface area contributed by atoms with Crippen molar-refractivity contribution in [2.75, 3.05) is 13.1 Å². The van der Waals surface area contributed by atoms with Gasteiger partial charge in [-0.2, -0.15) is 5.10 Å². The van der Waals surface area contributed by atoms with Crippen LogP contribution in [0.5, 0.6) is 0 Å². The van der Waals surface area contributed by atoms with Gasteiger partial charge in [-0.15, -0.1) is 19.0 Å². The van der Waals surface area contributed by atoms with Crippen LogP contribution in [0.15, 0.2) is 24.9 Å². The normalized spacial score (nSPS) is 19.8. The van der Waals surface area contributed by atoms with Crippen molar-refractivity contribution in [1.29, 1.82) is 0 Å². The average Bonchev–Trinajstić information content (AvgIpc) is 2.89. The maximum absolute atomic E-state index is 12.0. The largest absolute Gasteiger partial charge is 0.348 e. The summed E-state index contributed by atoms with van der Waals surface area (Å²) in [5, 5.41) is 10.6. The first-order valence-corrected chi connectivity index (χ1v) is 6.88. The molecule has 2 atom stereocenters. The Labute approximate surface area is 126 Å². The van der Waals surface area contributed by atoms with Gasteiger partial charge in [0.25, 0.3) is 5.91 Å². The van der Waals surface area contributed by atoms with E-state index in [1.807, 2.05) is 17.8 Å². The van der Waals surface area contributed by atoms with E-state index in [2.05, 4.69) is 22.3 Å². The van der Waals surface area contributed by atoms with Crippen LogP contribution in [0, 0.1) is 0 Å². The molecule has 0 saturated carbocycles. The van der Waals surface area contributed by atoms with Gasteiger partial charge in [-0.3, -0.25) is 9.48 Å².